The molecular formula is C16H22O3. The van der Waals surface area contributed by atoms with Crippen molar-refractivity contribution in [2.45, 2.75) is 50.7 Å². The van der Waals surface area contributed by atoms with E-state index in [0.717, 1.165) is 30.8 Å². The fraction of sp³-hybridized carbons (Fsp3) is 0.625. The number of aliphatic hydroxyl groups excluding tert-OH is 1. The van der Waals surface area contributed by atoms with Crippen molar-refractivity contribution in [1.29, 1.82) is 0 Å². The maximum absolute atomic E-state index is 10.6. The molecule has 3 heteroatoms. The Labute approximate surface area is 114 Å². The molecule has 0 radical (unpaired) electrons. The molecule has 1 aromatic carbocycles. The molecule has 1 saturated heterocycles. The van der Waals surface area contributed by atoms with Crippen LogP contribution in [0.1, 0.15) is 50.8 Å². The van der Waals surface area contributed by atoms with Crippen molar-refractivity contribution in [2.24, 2.45) is 0 Å². The molecule has 1 fully saturated rings. The molecular weight excluding hydrogens is 240 g/mol. The Morgan fingerprint density at radius 2 is 2.05 bits per heavy atom. The SMILES string of the molecule is CC1(C)COc2ccc(C(O)C3(C)CCCO3)cc21. The minimum absolute atomic E-state index is 0.0164. The van der Waals surface area contributed by atoms with Crippen molar-refractivity contribution in [2.75, 3.05) is 13.2 Å². The van der Waals surface area contributed by atoms with Crippen LogP contribution in [-0.4, -0.2) is 23.9 Å². The summed E-state index contributed by atoms with van der Waals surface area (Å²) >= 11 is 0. The van der Waals surface area contributed by atoms with Gasteiger partial charge in [0, 0.05) is 17.6 Å². The third-order valence-electron chi connectivity index (χ3n) is 4.46. The number of fused-ring (bicyclic) bond motifs is 1. The van der Waals surface area contributed by atoms with E-state index >= 15 is 0 Å². The first-order valence-electron chi connectivity index (χ1n) is 7.02. The van der Waals surface area contributed by atoms with Gasteiger partial charge in [-0.05, 0) is 37.5 Å². The number of hydrogen-bond donors (Lipinski definition) is 1. The highest BCUT2D eigenvalue weighted by molar-refractivity contribution is 5.46. The summed E-state index contributed by atoms with van der Waals surface area (Å²) in [5.74, 6) is 0.943. The molecule has 0 aromatic heterocycles. The summed E-state index contributed by atoms with van der Waals surface area (Å²) in [5.41, 5.74) is 1.69. The fourth-order valence-corrected chi connectivity index (χ4v) is 3.08. The second-order valence-corrected chi connectivity index (χ2v) is 6.60. The normalized spacial score (nSPS) is 29.9. The van der Waals surface area contributed by atoms with Gasteiger partial charge in [0.15, 0.2) is 0 Å². The first kappa shape index (κ1) is 12.9. The molecule has 2 unspecified atom stereocenters. The number of rotatable bonds is 2. The third kappa shape index (κ3) is 2.05. The van der Waals surface area contributed by atoms with Gasteiger partial charge in [-0.25, -0.2) is 0 Å². The second kappa shape index (κ2) is 4.22. The molecule has 3 rings (SSSR count). The summed E-state index contributed by atoms with van der Waals surface area (Å²) < 4.78 is 11.4. The predicted octanol–water partition coefficient (Wildman–Crippen LogP) is 2.96. The highest BCUT2D eigenvalue weighted by Gasteiger charge is 2.39. The molecule has 0 amide bonds. The van der Waals surface area contributed by atoms with Crippen LogP contribution < -0.4 is 4.74 Å². The Morgan fingerprint density at radius 3 is 2.74 bits per heavy atom. The topological polar surface area (TPSA) is 38.7 Å². The van der Waals surface area contributed by atoms with E-state index in [4.69, 9.17) is 9.47 Å². The first-order chi connectivity index (χ1) is 8.92. The van der Waals surface area contributed by atoms with Gasteiger partial charge in [-0.15, -0.1) is 0 Å². The number of aliphatic hydroxyl groups is 1. The summed E-state index contributed by atoms with van der Waals surface area (Å²) in [6.07, 6.45) is 1.36. The maximum atomic E-state index is 10.6. The molecule has 3 nitrogen and oxygen atoms in total. The Morgan fingerprint density at radius 1 is 1.26 bits per heavy atom. The van der Waals surface area contributed by atoms with Gasteiger partial charge < -0.3 is 14.6 Å². The quantitative estimate of drug-likeness (QED) is 0.890. The Balaban J connectivity index is 1.94. The van der Waals surface area contributed by atoms with E-state index in [1.807, 2.05) is 19.1 Å². The molecule has 2 heterocycles. The fourth-order valence-electron chi connectivity index (χ4n) is 3.08. The second-order valence-electron chi connectivity index (χ2n) is 6.60. The number of hydrogen-bond acceptors (Lipinski definition) is 3. The lowest BCUT2D eigenvalue weighted by Crippen LogP contribution is -2.32. The molecule has 1 N–H and O–H groups in total. The van der Waals surface area contributed by atoms with Crippen LogP contribution in [-0.2, 0) is 10.2 Å². The molecule has 104 valence electrons. The van der Waals surface area contributed by atoms with Gasteiger partial charge >= 0.3 is 0 Å². The van der Waals surface area contributed by atoms with E-state index in [1.54, 1.807) is 0 Å². The molecule has 19 heavy (non-hydrogen) atoms. The molecule has 0 saturated carbocycles. The zero-order valence-electron chi connectivity index (χ0n) is 11.9. The molecule has 2 atom stereocenters. The monoisotopic (exact) mass is 262 g/mol. The third-order valence-corrected chi connectivity index (χ3v) is 4.46. The van der Waals surface area contributed by atoms with Crippen LogP contribution in [0.15, 0.2) is 18.2 Å². The lowest BCUT2D eigenvalue weighted by molar-refractivity contribution is -0.0796. The highest BCUT2D eigenvalue weighted by Crippen LogP contribution is 2.43. The summed E-state index contributed by atoms with van der Waals surface area (Å²) in [6.45, 7) is 7.79. The van der Waals surface area contributed by atoms with E-state index < -0.39 is 11.7 Å². The summed E-state index contributed by atoms with van der Waals surface area (Å²) in [7, 11) is 0. The van der Waals surface area contributed by atoms with Gasteiger partial charge in [-0.3, -0.25) is 0 Å². The number of benzene rings is 1. The van der Waals surface area contributed by atoms with Crippen molar-refractivity contribution >= 4 is 0 Å². The van der Waals surface area contributed by atoms with Crippen LogP contribution in [0.5, 0.6) is 5.75 Å². The standard InChI is InChI=1S/C16H22O3/c1-15(2)10-18-13-6-5-11(9-12(13)15)14(17)16(3)7-4-8-19-16/h5-6,9,14,17H,4,7-8,10H2,1-3H3. The lowest BCUT2D eigenvalue weighted by Gasteiger charge is -2.30. The van der Waals surface area contributed by atoms with Crippen molar-refractivity contribution in [3.8, 4) is 5.75 Å². The smallest absolute Gasteiger partial charge is 0.123 e. The molecule has 2 aliphatic rings. The zero-order chi connectivity index (χ0) is 13.7. The lowest BCUT2D eigenvalue weighted by atomic mass is 9.83. The van der Waals surface area contributed by atoms with Crippen LogP contribution in [0, 0.1) is 0 Å². The molecule has 0 spiro atoms. The van der Waals surface area contributed by atoms with Crippen LogP contribution in [0.25, 0.3) is 0 Å². The van der Waals surface area contributed by atoms with Crippen LogP contribution in [0.3, 0.4) is 0 Å². The summed E-state index contributed by atoms with van der Waals surface area (Å²) in [5, 5.41) is 10.6. The zero-order valence-corrected chi connectivity index (χ0v) is 11.9. The van der Waals surface area contributed by atoms with Crippen LogP contribution in [0.2, 0.25) is 0 Å². The van der Waals surface area contributed by atoms with Crippen LogP contribution in [0.4, 0.5) is 0 Å². The van der Waals surface area contributed by atoms with Crippen molar-refractivity contribution in [1.82, 2.24) is 0 Å². The van der Waals surface area contributed by atoms with E-state index in [1.165, 1.54) is 5.56 Å². The van der Waals surface area contributed by atoms with E-state index in [0.29, 0.717) is 6.61 Å². The Bertz CT molecular complexity index is 487. The average molecular weight is 262 g/mol. The first-order valence-corrected chi connectivity index (χ1v) is 7.02. The van der Waals surface area contributed by atoms with E-state index in [2.05, 4.69) is 19.9 Å². The molecule has 0 bridgehead atoms. The number of ether oxygens (including phenoxy) is 2. The maximum Gasteiger partial charge on any atom is 0.123 e. The van der Waals surface area contributed by atoms with Crippen molar-refractivity contribution in [3.05, 3.63) is 29.3 Å². The average Bonchev–Trinajstić information content (AvgIpc) is 2.94. The summed E-state index contributed by atoms with van der Waals surface area (Å²) in [6, 6.07) is 6.01. The highest BCUT2D eigenvalue weighted by atomic mass is 16.5. The van der Waals surface area contributed by atoms with Crippen molar-refractivity contribution < 1.29 is 14.6 Å². The van der Waals surface area contributed by atoms with Crippen LogP contribution >= 0.6 is 0 Å². The van der Waals surface area contributed by atoms with E-state index in [9.17, 15) is 5.11 Å². The van der Waals surface area contributed by atoms with E-state index in [-0.39, 0.29) is 5.41 Å². The molecule has 0 aliphatic carbocycles. The molecule has 1 aromatic rings. The van der Waals surface area contributed by atoms with Crippen molar-refractivity contribution in [3.63, 3.8) is 0 Å². The largest absolute Gasteiger partial charge is 0.492 e. The minimum Gasteiger partial charge on any atom is -0.492 e. The predicted molar refractivity (Wildman–Crippen MR) is 73.5 cm³/mol. The van der Waals surface area contributed by atoms with Gasteiger partial charge in [-0.2, -0.15) is 0 Å². The minimum atomic E-state index is -0.573. The van der Waals surface area contributed by atoms with Gasteiger partial charge in [0.05, 0.1) is 12.2 Å². The van der Waals surface area contributed by atoms with Gasteiger partial charge in [0.2, 0.25) is 0 Å². The van der Waals surface area contributed by atoms with Gasteiger partial charge in [0.1, 0.15) is 11.9 Å². The Hall–Kier alpha value is -1.06. The molecule has 2 aliphatic heterocycles. The summed E-state index contributed by atoms with van der Waals surface area (Å²) in [4.78, 5) is 0. The Kier molecular flexibility index (Phi) is 2.88. The van der Waals surface area contributed by atoms with Gasteiger partial charge in [0.25, 0.3) is 0 Å². The van der Waals surface area contributed by atoms with Gasteiger partial charge in [-0.1, -0.05) is 19.9 Å².